The van der Waals surface area contributed by atoms with E-state index in [2.05, 4.69) is 22.6 Å². The molecule has 5 atom stereocenters. The van der Waals surface area contributed by atoms with Crippen LogP contribution in [-0.4, -0.2) is 52.9 Å². The molecule has 3 aromatic rings. The van der Waals surface area contributed by atoms with Crippen LogP contribution in [0.1, 0.15) is 38.0 Å². The third kappa shape index (κ3) is 6.11. The van der Waals surface area contributed by atoms with Crippen LogP contribution in [0.25, 0.3) is 0 Å². The second kappa shape index (κ2) is 12.1. The lowest BCUT2D eigenvalue weighted by atomic mass is 9.95. The van der Waals surface area contributed by atoms with Crippen molar-refractivity contribution in [2.75, 3.05) is 4.43 Å². The highest BCUT2D eigenvalue weighted by atomic mass is 127. The second-order valence-electron chi connectivity index (χ2n) is 8.24. The van der Waals surface area contributed by atoms with Crippen molar-refractivity contribution in [1.29, 1.82) is 0 Å². The average Bonchev–Trinajstić information content (AvgIpc) is 2.93. The molecule has 186 valence electrons. The van der Waals surface area contributed by atoms with Gasteiger partial charge in [0.1, 0.15) is 6.10 Å². The van der Waals surface area contributed by atoms with Gasteiger partial charge < -0.3 is 18.9 Å². The summed E-state index contributed by atoms with van der Waals surface area (Å²) < 4.78 is 24.1. The summed E-state index contributed by atoms with van der Waals surface area (Å²) in [6.45, 7) is 1.74. The highest BCUT2D eigenvalue weighted by molar-refractivity contribution is 14.1. The molecule has 1 aliphatic rings. The number of hydrogen-bond acceptors (Lipinski definition) is 7. The van der Waals surface area contributed by atoms with Crippen molar-refractivity contribution < 1.29 is 33.3 Å². The van der Waals surface area contributed by atoms with Crippen LogP contribution in [0, 0.1) is 0 Å². The van der Waals surface area contributed by atoms with E-state index in [1.54, 1.807) is 97.9 Å². The van der Waals surface area contributed by atoms with Crippen molar-refractivity contribution in [1.82, 2.24) is 0 Å². The fourth-order valence-corrected chi connectivity index (χ4v) is 4.67. The van der Waals surface area contributed by atoms with Crippen LogP contribution in [0.5, 0.6) is 0 Å². The Kier molecular flexibility index (Phi) is 8.71. The summed E-state index contributed by atoms with van der Waals surface area (Å²) in [5, 5.41) is 0. The molecule has 0 saturated carbocycles. The number of benzene rings is 3. The Bertz CT molecular complexity index is 1170. The lowest BCUT2D eigenvalue weighted by Gasteiger charge is -2.43. The minimum absolute atomic E-state index is 0.323. The predicted octanol–water partition coefficient (Wildman–Crippen LogP) is 4.89. The van der Waals surface area contributed by atoms with Gasteiger partial charge in [-0.2, -0.15) is 0 Å². The van der Waals surface area contributed by atoms with Gasteiger partial charge >= 0.3 is 17.9 Å². The molecule has 3 unspecified atom stereocenters. The van der Waals surface area contributed by atoms with Crippen molar-refractivity contribution in [3.63, 3.8) is 0 Å². The standard InChI is InChI=1S/C28H25IO7/c1-18-23(34-26(30)19-11-5-2-6-12-19)25(36-28(32)21-15-9-4-10-16-21)24(22(17-29)33-18)35-27(31)20-13-7-3-8-14-20/h2-16,18,22-25H,17H2,1H3/t18?,22-,23-,24?,25?/m1/s1. The first kappa shape index (κ1) is 25.8. The number of ether oxygens (including phenoxy) is 4. The molecule has 1 aliphatic heterocycles. The van der Waals surface area contributed by atoms with Gasteiger partial charge in [-0.25, -0.2) is 14.4 Å². The first-order chi connectivity index (χ1) is 17.5. The highest BCUT2D eigenvalue weighted by Crippen LogP contribution is 2.31. The molecule has 1 heterocycles. The Morgan fingerprint density at radius 3 is 1.39 bits per heavy atom. The molecule has 3 aromatic carbocycles. The van der Waals surface area contributed by atoms with Crippen molar-refractivity contribution in [2.45, 2.75) is 37.4 Å². The monoisotopic (exact) mass is 600 g/mol. The van der Waals surface area contributed by atoms with E-state index in [9.17, 15) is 14.4 Å². The number of halogens is 1. The van der Waals surface area contributed by atoms with E-state index in [1.807, 2.05) is 0 Å². The van der Waals surface area contributed by atoms with Gasteiger partial charge in [0.2, 0.25) is 0 Å². The zero-order valence-electron chi connectivity index (χ0n) is 19.5. The average molecular weight is 600 g/mol. The van der Waals surface area contributed by atoms with Crippen LogP contribution < -0.4 is 0 Å². The molecule has 4 rings (SSSR count). The third-order valence-corrected chi connectivity index (χ3v) is 6.64. The van der Waals surface area contributed by atoms with Crippen molar-refractivity contribution in [2.24, 2.45) is 0 Å². The minimum Gasteiger partial charge on any atom is -0.452 e. The maximum absolute atomic E-state index is 13.1. The van der Waals surface area contributed by atoms with Crippen LogP contribution >= 0.6 is 22.6 Å². The topological polar surface area (TPSA) is 88.1 Å². The Morgan fingerprint density at radius 1 is 0.639 bits per heavy atom. The Labute approximate surface area is 222 Å². The normalized spacial score (nSPS) is 23.3. The van der Waals surface area contributed by atoms with Crippen molar-refractivity contribution in [3.05, 3.63) is 108 Å². The van der Waals surface area contributed by atoms with Gasteiger partial charge in [-0.05, 0) is 43.3 Å². The molecule has 1 fully saturated rings. The molecule has 0 spiro atoms. The van der Waals surface area contributed by atoms with Gasteiger partial charge in [-0.3, -0.25) is 0 Å². The largest absolute Gasteiger partial charge is 0.452 e. The van der Waals surface area contributed by atoms with Gasteiger partial charge in [0, 0.05) is 4.43 Å². The number of rotatable bonds is 7. The summed E-state index contributed by atoms with van der Waals surface area (Å²) in [5.41, 5.74) is 1.00. The van der Waals surface area contributed by atoms with E-state index < -0.39 is 48.4 Å². The van der Waals surface area contributed by atoms with E-state index in [0.717, 1.165) is 0 Å². The molecule has 0 N–H and O–H groups in total. The van der Waals surface area contributed by atoms with E-state index in [0.29, 0.717) is 21.1 Å². The first-order valence-corrected chi connectivity index (χ1v) is 13.0. The van der Waals surface area contributed by atoms with Crippen LogP contribution in [-0.2, 0) is 18.9 Å². The summed E-state index contributed by atoms with van der Waals surface area (Å²) in [4.78, 5) is 39.0. The summed E-state index contributed by atoms with van der Waals surface area (Å²) in [6.07, 6.45) is -4.34. The molecule has 0 bridgehead atoms. The summed E-state index contributed by atoms with van der Waals surface area (Å²) in [6, 6.07) is 25.5. The zero-order chi connectivity index (χ0) is 25.5. The van der Waals surface area contributed by atoms with Gasteiger partial charge in [0.05, 0.1) is 22.8 Å². The van der Waals surface area contributed by atoms with Crippen molar-refractivity contribution >= 4 is 40.5 Å². The number of carbonyl (C=O) groups excluding carboxylic acids is 3. The molecular formula is C28H25IO7. The third-order valence-electron chi connectivity index (χ3n) is 5.78. The molecule has 0 aliphatic carbocycles. The van der Waals surface area contributed by atoms with Gasteiger partial charge in [-0.15, -0.1) is 0 Å². The quantitative estimate of drug-likeness (QED) is 0.165. The van der Waals surface area contributed by atoms with E-state index in [-0.39, 0.29) is 0 Å². The van der Waals surface area contributed by atoms with Crippen molar-refractivity contribution in [3.8, 4) is 0 Å². The number of alkyl halides is 1. The smallest absolute Gasteiger partial charge is 0.338 e. The summed E-state index contributed by atoms with van der Waals surface area (Å²) in [5.74, 6) is -1.82. The lowest BCUT2D eigenvalue weighted by Crippen LogP contribution is -2.61. The van der Waals surface area contributed by atoms with Gasteiger partial charge in [-0.1, -0.05) is 77.2 Å². The highest BCUT2D eigenvalue weighted by Gasteiger charge is 2.50. The Balaban J connectivity index is 1.66. The maximum atomic E-state index is 13.1. The maximum Gasteiger partial charge on any atom is 0.338 e. The molecule has 0 aromatic heterocycles. The SMILES string of the molecule is CC1O[C@H](CI)C(OC(=O)c2ccccc2)C(OC(=O)c2ccccc2)[C@@H]1OC(=O)c1ccccc1. The molecule has 0 amide bonds. The van der Waals surface area contributed by atoms with E-state index in [4.69, 9.17) is 18.9 Å². The number of carbonyl (C=O) groups is 3. The number of hydrogen-bond donors (Lipinski definition) is 0. The minimum atomic E-state index is -1.10. The zero-order valence-corrected chi connectivity index (χ0v) is 21.6. The summed E-state index contributed by atoms with van der Waals surface area (Å²) >= 11 is 2.13. The van der Waals surface area contributed by atoms with Gasteiger partial charge in [0.25, 0.3) is 0 Å². The Hall–Kier alpha value is -3.24. The molecule has 36 heavy (non-hydrogen) atoms. The van der Waals surface area contributed by atoms with Crippen LogP contribution in [0.4, 0.5) is 0 Å². The fraction of sp³-hybridized carbons (Fsp3) is 0.250. The molecule has 0 radical (unpaired) electrons. The fourth-order valence-electron chi connectivity index (χ4n) is 3.96. The van der Waals surface area contributed by atoms with Crippen LogP contribution in [0.15, 0.2) is 91.0 Å². The first-order valence-electron chi connectivity index (χ1n) is 11.5. The summed E-state index contributed by atoms with van der Waals surface area (Å²) in [7, 11) is 0. The second-order valence-corrected chi connectivity index (χ2v) is 9.12. The van der Waals surface area contributed by atoms with Crippen LogP contribution in [0.3, 0.4) is 0 Å². The Morgan fingerprint density at radius 2 is 1.00 bits per heavy atom. The molecule has 8 heteroatoms. The van der Waals surface area contributed by atoms with Gasteiger partial charge in [0.15, 0.2) is 18.3 Å². The predicted molar refractivity (Wildman–Crippen MR) is 140 cm³/mol. The molecule has 1 saturated heterocycles. The molecule has 7 nitrogen and oxygen atoms in total. The molecular weight excluding hydrogens is 575 g/mol. The lowest BCUT2D eigenvalue weighted by molar-refractivity contribution is -0.210. The van der Waals surface area contributed by atoms with E-state index in [1.165, 1.54) is 0 Å². The number of esters is 3. The van der Waals surface area contributed by atoms with E-state index >= 15 is 0 Å². The van der Waals surface area contributed by atoms with Crippen LogP contribution in [0.2, 0.25) is 0 Å².